The van der Waals surface area contributed by atoms with Gasteiger partial charge in [-0.1, -0.05) is 39.0 Å². The molecular weight excluding hydrogens is 342 g/mol. The molecule has 0 aromatic heterocycles. The van der Waals surface area contributed by atoms with Crippen molar-refractivity contribution in [2.45, 2.75) is 51.8 Å². The molecule has 4 N–H and O–H groups in total. The number of benzene rings is 1. The monoisotopic (exact) mass is 369 g/mol. The van der Waals surface area contributed by atoms with Crippen LogP contribution in [-0.4, -0.2) is 36.5 Å². The number of amides is 2. The van der Waals surface area contributed by atoms with Crippen LogP contribution in [0.15, 0.2) is 24.3 Å². The number of rotatable bonds is 6. The van der Waals surface area contributed by atoms with Crippen LogP contribution in [0.2, 0.25) is 0 Å². The number of fused-ring (bicyclic) bond motifs is 1. The zero-order valence-electron chi connectivity index (χ0n) is 15.1. The second kappa shape index (κ2) is 9.06. The molecule has 1 aliphatic heterocycles. The van der Waals surface area contributed by atoms with Gasteiger partial charge in [0.25, 0.3) is 0 Å². The third-order valence-corrected chi connectivity index (χ3v) is 4.49. The summed E-state index contributed by atoms with van der Waals surface area (Å²) in [7, 11) is 0. The fourth-order valence-electron chi connectivity index (χ4n) is 2.90. The minimum Gasteiger partial charge on any atom is -0.487 e. The predicted octanol–water partition coefficient (Wildman–Crippen LogP) is 1.58. The highest BCUT2D eigenvalue weighted by molar-refractivity contribution is 5.87. The van der Waals surface area contributed by atoms with Gasteiger partial charge in [0, 0.05) is 11.5 Å². The summed E-state index contributed by atoms with van der Waals surface area (Å²) in [5.74, 6) is 0.523. The summed E-state index contributed by atoms with van der Waals surface area (Å²) in [6, 6.07) is 7.12. The molecule has 4 atom stereocenters. The van der Waals surface area contributed by atoms with Gasteiger partial charge < -0.3 is 21.1 Å². The molecule has 2 rings (SSSR count). The fraction of sp³-hybridized carbons (Fsp3) is 0.556. The van der Waals surface area contributed by atoms with Gasteiger partial charge in [0.15, 0.2) is 0 Å². The van der Waals surface area contributed by atoms with E-state index in [-0.39, 0.29) is 54.7 Å². The van der Waals surface area contributed by atoms with Crippen LogP contribution in [-0.2, 0) is 9.59 Å². The van der Waals surface area contributed by atoms with Gasteiger partial charge in [-0.15, -0.1) is 12.4 Å². The summed E-state index contributed by atoms with van der Waals surface area (Å²) in [6.07, 6.45) is -0.125. The second-order valence-corrected chi connectivity index (χ2v) is 6.75. The van der Waals surface area contributed by atoms with Crippen LogP contribution >= 0.6 is 12.4 Å². The van der Waals surface area contributed by atoms with Gasteiger partial charge in [-0.3, -0.25) is 9.59 Å². The van der Waals surface area contributed by atoms with Crippen molar-refractivity contribution in [3.8, 4) is 5.75 Å². The molecule has 1 aromatic carbocycles. The third-order valence-electron chi connectivity index (χ3n) is 4.49. The minimum atomic E-state index is -0.608. The molecular formula is C18H28ClN3O3. The second-order valence-electron chi connectivity index (χ2n) is 6.75. The highest BCUT2D eigenvalue weighted by Crippen LogP contribution is 2.38. The minimum absolute atomic E-state index is 0. The number of halogens is 1. The van der Waals surface area contributed by atoms with E-state index in [4.69, 9.17) is 10.5 Å². The Hall–Kier alpha value is -1.79. The Labute approximate surface area is 155 Å². The van der Waals surface area contributed by atoms with E-state index in [2.05, 4.69) is 17.6 Å². The zero-order chi connectivity index (χ0) is 17.9. The first kappa shape index (κ1) is 21.3. The lowest BCUT2D eigenvalue weighted by molar-refractivity contribution is -0.127. The van der Waals surface area contributed by atoms with E-state index in [1.165, 1.54) is 0 Å². The zero-order valence-corrected chi connectivity index (χ0v) is 15.9. The first-order valence-electron chi connectivity index (χ1n) is 8.39. The van der Waals surface area contributed by atoms with Gasteiger partial charge >= 0.3 is 0 Å². The average Bonchev–Trinajstić information content (AvgIpc) is 2.89. The van der Waals surface area contributed by atoms with Gasteiger partial charge in [-0.2, -0.15) is 0 Å². The summed E-state index contributed by atoms with van der Waals surface area (Å²) in [5, 5.41) is 5.46. The van der Waals surface area contributed by atoms with Crippen molar-refractivity contribution in [3.05, 3.63) is 29.8 Å². The standard InChI is InChI=1S/C18H27N3O3.ClH/c1-10(2)16(19)18(23)20-9-15(22)21-12(4)17-11(3)13-7-5-6-8-14(13)24-17;/h5-8,10-12,16-17H,9,19H2,1-4H3,(H,20,23)(H,21,22);1H/t11?,12?,16-,17?;/m0./s1. The van der Waals surface area contributed by atoms with E-state index < -0.39 is 6.04 Å². The first-order valence-corrected chi connectivity index (χ1v) is 8.39. The lowest BCUT2D eigenvalue weighted by Crippen LogP contribution is -2.50. The fourth-order valence-corrected chi connectivity index (χ4v) is 2.90. The Morgan fingerprint density at radius 2 is 1.88 bits per heavy atom. The van der Waals surface area contributed by atoms with Crippen LogP contribution in [0.5, 0.6) is 5.75 Å². The van der Waals surface area contributed by atoms with Crippen molar-refractivity contribution in [2.24, 2.45) is 11.7 Å². The molecule has 2 amide bonds. The highest BCUT2D eigenvalue weighted by Gasteiger charge is 2.35. The summed E-state index contributed by atoms with van der Waals surface area (Å²) < 4.78 is 5.96. The average molecular weight is 370 g/mol. The molecule has 0 saturated carbocycles. The van der Waals surface area contributed by atoms with Crippen LogP contribution in [0.4, 0.5) is 0 Å². The summed E-state index contributed by atoms with van der Waals surface area (Å²) >= 11 is 0. The van der Waals surface area contributed by atoms with Crippen LogP contribution in [0.1, 0.15) is 39.2 Å². The maximum absolute atomic E-state index is 12.1. The van der Waals surface area contributed by atoms with Crippen molar-refractivity contribution in [2.75, 3.05) is 6.54 Å². The molecule has 3 unspecified atom stereocenters. The lowest BCUT2D eigenvalue weighted by Gasteiger charge is -2.24. The highest BCUT2D eigenvalue weighted by atomic mass is 35.5. The van der Waals surface area contributed by atoms with E-state index in [1.807, 2.05) is 45.0 Å². The number of hydrogen-bond acceptors (Lipinski definition) is 4. The molecule has 1 aliphatic rings. The van der Waals surface area contributed by atoms with Crippen molar-refractivity contribution in [3.63, 3.8) is 0 Å². The van der Waals surface area contributed by atoms with Crippen molar-refractivity contribution in [1.29, 1.82) is 0 Å². The van der Waals surface area contributed by atoms with Gasteiger partial charge in [-0.05, 0) is 18.9 Å². The van der Waals surface area contributed by atoms with Crippen LogP contribution < -0.4 is 21.1 Å². The van der Waals surface area contributed by atoms with Crippen molar-refractivity contribution < 1.29 is 14.3 Å². The molecule has 1 aromatic rings. The number of para-hydroxylation sites is 1. The van der Waals surface area contributed by atoms with E-state index in [0.29, 0.717) is 0 Å². The lowest BCUT2D eigenvalue weighted by atomic mass is 9.94. The maximum atomic E-state index is 12.1. The van der Waals surface area contributed by atoms with Gasteiger partial charge in [-0.25, -0.2) is 0 Å². The quantitative estimate of drug-likeness (QED) is 0.709. The van der Waals surface area contributed by atoms with Gasteiger partial charge in [0.05, 0.1) is 18.6 Å². The van der Waals surface area contributed by atoms with E-state index in [1.54, 1.807) is 0 Å². The molecule has 0 aliphatic carbocycles. The molecule has 0 spiro atoms. The summed E-state index contributed by atoms with van der Waals surface area (Å²) in [5.41, 5.74) is 6.90. The number of ether oxygens (including phenoxy) is 1. The van der Waals surface area contributed by atoms with E-state index >= 15 is 0 Å². The number of carbonyl (C=O) groups excluding carboxylic acids is 2. The Morgan fingerprint density at radius 1 is 1.24 bits per heavy atom. The molecule has 0 fully saturated rings. The Morgan fingerprint density at radius 3 is 2.48 bits per heavy atom. The van der Waals surface area contributed by atoms with Crippen LogP contribution in [0, 0.1) is 5.92 Å². The number of hydrogen-bond donors (Lipinski definition) is 3. The number of carbonyl (C=O) groups is 2. The smallest absolute Gasteiger partial charge is 0.239 e. The Balaban J connectivity index is 0.00000312. The molecule has 6 nitrogen and oxygen atoms in total. The Bertz CT molecular complexity index is 609. The van der Waals surface area contributed by atoms with E-state index in [0.717, 1.165) is 11.3 Å². The molecule has 140 valence electrons. The molecule has 7 heteroatoms. The molecule has 0 radical (unpaired) electrons. The molecule has 1 heterocycles. The number of nitrogens with two attached hydrogens (primary N) is 1. The van der Waals surface area contributed by atoms with Gasteiger partial charge in [0.1, 0.15) is 11.9 Å². The van der Waals surface area contributed by atoms with Gasteiger partial charge in [0.2, 0.25) is 11.8 Å². The largest absolute Gasteiger partial charge is 0.487 e. The van der Waals surface area contributed by atoms with Crippen molar-refractivity contribution in [1.82, 2.24) is 10.6 Å². The summed E-state index contributed by atoms with van der Waals surface area (Å²) in [6.45, 7) is 7.64. The first-order chi connectivity index (χ1) is 11.3. The van der Waals surface area contributed by atoms with Crippen LogP contribution in [0.25, 0.3) is 0 Å². The van der Waals surface area contributed by atoms with Crippen molar-refractivity contribution >= 4 is 24.2 Å². The SMILES string of the molecule is CC(NC(=O)CNC(=O)[C@@H](N)C(C)C)C1Oc2ccccc2C1C.Cl. The predicted molar refractivity (Wildman–Crippen MR) is 99.9 cm³/mol. The topological polar surface area (TPSA) is 93.5 Å². The van der Waals surface area contributed by atoms with E-state index in [9.17, 15) is 9.59 Å². The maximum Gasteiger partial charge on any atom is 0.239 e. The number of nitrogens with one attached hydrogen (secondary N) is 2. The molecule has 0 bridgehead atoms. The molecule has 25 heavy (non-hydrogen) atoms. The third kappa shape index (κ3) is 5.09. The Kier molecular flexibility index (Phi) is 7.70. The molecule has 0 saturated heterocycles. The summed E-state index contributed by atoms with van der Waals surface area (Å²) in [4.78, 5) is 23.9. The van der Waals surface area contributed by atoms with Crippen LogP contribution in [0.3, 0.4) is 0 Å². The normalized spacial score (nSPS) is 20.7.